The summed E-state index contributed by atoms with van der Waals surface area (Å²) in [6.07, 6.45) is 4.87. The number of imidazole rings is 1. The highest BCUT2D eigenvalue weighted by atomic mass is 19.1. The van der Waals surface area contributed by atoms with E-state index in [9.17, 15) is 13.6 Å². The number of rotatable bonds is 12. The Labute approximate surface area is 225 Å². The second-order valence-corrected chi connectivity index (χ2v) is 10.8. The van der Waals surface area contributed by atoms with Crippen LogP contribution in [0.4, 0.5) is 8.78 Å². The van der Waals surface area contributed by atoms with Gasteiger partial charge in [0.1, 0.15) is 17.5 Å². The summed E-state index contributed by atoms with van der Waals surface area (Å²) in [6.45, 7) is 12.7. The minimum atomic E-state index is -0.718. The van der Waals surface area contributed by atoms with Crippen molar-refractivity contribution in [3.63, 3.8) is 0 Å². The van der Waals surface area contributed by atoms with Crippen molar-refractivity contribution in [2.24, 2.45) is 5.92 Å². The number of hydrogen-bond acceptors (Lipinski definition) is 4. The quantitative estimate of drug-likeness (QED) is 0.313. The molecular formula is C30H41F2N5O. The van der Waals surface area contributed by atoms with Gasteiger partial charge in [-0.05, 0) is 74.2 Å². The Bertz CT molecular complexity index is 1220. The number of nitrogens with zero attached hydrogens (tertiary/aromatic N) is 4. The Hall–Kier alpha value is -2.84. The van der Waals surface area contributed by atoms with Crippen LogP contribution in [0.2, 0.25) is 0 Å². The molecule has 1 aromatic heterocycles. The summed E-state index contributed by atoms with van der Waals surface area (Å²) in [4.78, 5) is 22.4. The van der Waals surface area contributed by atoms with Gasteiger partial charge in [-0.2, -0.15) is 0 Å². The van der Waals surface area contributed by atoms with Crippen molar-refractivity contribution in [1.29, 1.82) is 0 Å². The summed E-state index contributed by atoms with van der Waals surface area (Å²) in [5.74, 6) is -0.964. The first-order valence-electron chi connectivity index (χ1n) is 14.0. The summed E-state index contributed by atoms with van der Waals surface area (Å²) in [6, 6.07) is 9.35. The van der Waals surface area contributed by atoms with Gasteiger partial charge < -0.3 is 19.7 Å². The lowest BCUT2D eigenvalue weighted by atomic mass is 10.1. The molecule has 3 aromatic rings. The first-order chi connectivity index (χ1) is 18.4. The smallest absolute Gasteiger partial charge is 0.257 e. The molecule has 0 unspecified atom stereocenters. The summed E-state index contributed by atoms with van der Waals surface area (Å²) in [7, 11) is 0. The van der Waals surface area contributed by atoms with E-state index in [1.54, 1.807) is 4.90 Å². The van der Waals surface area contributed by atoms with Crippen LogP contribution in [0.25, 0.3) is 11.0 Å². The van der Waals surface area contributed by atoms with Gasteiger partial charge in [0.15, 0.2) is 0 Å². The summed E-state index contributed by atoms with van der Waals surface area (Å²) >= 11 is 0. The van der Waals surface area contributed by atoms with Gasteiger partial charge in [-0.3, -0.25) is 4.79 Å². The van der Waals surface area contributed by atoms with Crippen LogP contribution in [-0.4, -0.2) is 58.0 Å². The molecule has 8 heteroatoms. The van der Waals surface area contributed by atoms with Crippen molar-refractivity contribution in [3.8, 4) is 0 Å². The predicted molar refractivity (Wildman–Crippen MR) is 148 cm³/mol. The fraction of sp³-hybridized carbons (Fsp3) is 0.533. The Morgan fingerprint density at radius 1 is 1.08 bits per heavy atom. The van der Waals surface area contributed by atoms with Crippen LogP contribution < -0.4 is 5.32 Å². The molecule has 206 valence electrons. The van der Waals surface area contributed by atoms with Crippen LogP contribution in [0.1, 0.15) is 68.2 Å². The zero-order valence-corrected chi connectivity index (χ0v) is 23.0. The lowest BCUT2D eigenvalue weighted by Crippen LogP contribution is -2.35. The number of piperidine rings is 1. The fourth-order valence-electron chi connectivity index (χ4n) is 5.24. The maximum atomic E-state index is 14.5. The minimum absolute atomic E-state index is 0.155. The monoisotopic (exact) mass is 525 g/mol. The predicted octanol–water partition coefficient (Wildman–Crippen LogP) is 5.60. The van der Waals surface area contributed by atoms with E-state index < -0.39 is 17.5 Å². The molecule has 1 aliphatic heterocycles. The van der Waals surface area contributed by atoms with Gasteiger partial charge in [0.05, 0.1) is 23.1 Å². The fourth-order valence-corrected chi connectivity index (χ4v) is 5.24. The van der Waals surface area contributed by atoms with E-state index >= 15 is 0 Å². The number of carbonyl (C=O) groups excluding carboxylic acids is 1. The van der Waals surface area contributed by atoms with Gasteiger partial charge in [-0.15, -0.1) is 0 Å². The third kappa shape index (κ3) is 7.17. The Balaban J connectivity index is 1.51. The van der Waals surface area contributed by atoms with Crippen LogP contribution in [0.15, 0.2) is 36.4 Å². The van der Waals surface area contributed by atoms with E-state index in [-0.39, 0.29) is 18.0 Å². The first kappa shape index (κ1) is 28.2. The molecule has 4 rings (SSSR count). The SMILES string of the molecule is CCCn1c(CN(CC(C)C)C(=O)c2cc(F)ccc2F)nc2cc(CNCCN3CCCCC3)ccc21. The van der Waals surface area contributed by atoms with E-state index in [1.807, 2.05) is 13.8 Å². The molecule has 6 nitrogen and oxygen atoms in total. The molecular weight excluding hydrogens is 484 g/mol. The molecule has 1 fully saturated rings. The zero-order chi connectivity index (χ0) is 27.1. The van der Waals surface area contributed by atoms with Gasteiger partial charge in [-0.1, -0.05) is 33.3 Å². The largest absolute Gasteiger partial charge is 0.331 e. The molecule has 1 aliphatic rings. The van der Waals surface area contributed by atoms with Gasteiger partial charge in [0.25, 0.3) is 5.91 Å². The second-order valence-electron chi connectivity index (χ2n) is 10.8. The summed E-state index contributed by atoms with van der Waals surface area (Å²) in [5.41, 5.74) is 2.83. The maximum absolute atomic E-state index is 14.5. The lowest BCUT2D eigenvalue weighted by Gasteiger charge is -2.26. The number of likely N-dealkylation sites (tertiary alicyclic amines) is 1. The number of amides is 1. The number of nitrogens with one attached hydrogen (secondary N) is 1. The highest BCUT2D eigenvalue weighted by Gasteiger charge is 2.24. The molecule has 2 heterocycles. The van der Waals surface area contributed by atoms with Crippen LogP contribution in [-0.2, 0) is 19.6 Å². The molecule has 0 atom stereocenters. The number of carbonyl (C=O) groups is 1. The van der Waals surface area contributed by atoms with E-state index in [0.29, 0.717) is 6.54 Å². The highest BCUT2D eigenvalue weighted by molar-refractivity contribution is 5.94. The van der Waals surface area contributed by atoms with Gasteiger partial charge in [0.2, 0.25) is 0 Å². The van der Waals surface area contributed by atoms with E-state index in [2.05, 4.69) is 39.9 Å². The Kier molecular flexibility index (Phi) is 9.86. The molecule has 0 saturated carbocycles. The van der Waals surface area contributed by atoms with Crippen molar-refractivity contribution in [2.45, 2.75) is 66.1 Å². The molecule has 0 radical (unpaired) electrons. The average molecular weight is 526 g/mol. The van der Waals surface area contributed by atoms with Crippen LogP contribution in [0.3, 0.4) is 0 Å². The average Bonchev–Trinajstić information content (AvgIpc) is 3.24. The molecule has 0 spiro atoms. The third-order valence-corrected chi connectivity index (χ3v) is 7.09. The van der Waals surface area contributed by atoms with Crippen molar-refractivity contribution in [1.82, 2.24) is 24.7 Å². The second kappa shape index (κ2) is 13.3. The Morgan fingerprint density at radius 2 is 1.87 bits per heavy atom. The highest BCUT2D eigenvalue weighted by Crippen LogP contribution is 2.22. The van der Waals surface area contributed by atoms with E-state index in [1.165, 1.54) is 37.9 Å². The molecule has 1 saturated heterocycles. The number of benzene rings is 2. The number of aryl methyl sites for hydroxylation is 1. The van der Waals surface area contributed by atoms with Crippen molar-refractivity contribution >= 4 is 16.9 Å². The van der Waals surface area contributed by atoms with E-state index in [0.717, 1.165) is 67.7 Å². The molecule has 38 heavy (non-hydrogen) atoms. The van der Waals surface area contributed by atoms with Gasteiger partial charge in [0, 0.05) is 32.7 Å². The topological polar surface area (TPSA) is 53.4 Å². The normalized spacial score (nSPS) is 14.5. The van der Waals surface area contributed by atoms with Gasteiger partial charge >= 0.3 is 0 Å². The van der Waals surface area contributed by atoms with Gasteiger partial charge in [-0.25, -0.2) is 13.8 Å². The number of hydrogen-bond donors (Lipinski definition) is 1. The molecule has 1 N–H and O–H groups in total. The third-order valence-electron chi connectivity index (χ3n) is 7.09. The lowest BCUT2D eigenvalue weighted by molar-refractivity contribution is 0.0711. The standard InChI is InChI=1S/C30H41F2N5O/c1-4-13-37-28-11-8-23(19-33-12-16-35-14-6-5-7-15-35)17-27(28)34-29(37)21-36(20-22(2)3)30(38)25-18-24(31)9-10-26(25)32/h8-11,17-18,22,33H,4-7,12-16,19-21H2,1-3H3. The molecule has 2 aromatic carbocycles. The molecule has 0 bridgehead atoms. The molecule has 0 aliphatic carbocycles. The first-order valence-corrected chi connectivity index (χ1v) is 14.0. The molecule has 1 amide bonds. The number of fused-ring (bicyclic) bond motifs is 1. The van der Waals surface area contributed by atoms with E-state index in [4.69, 9.17) is 4.98 Å². The van der Waals surface area contributed by atoms with Crippen LogP contribution in [0, 0.1) is 17.6 Å². The number of halogens is 2. The van der Waals surface area contributed by atoms with Crippen molar-refractivity contribution in [2.75, 3.05) is 32.7 Å². The maximum Gasteiger partial charge on any atom is 0.257 e. The van der Waals surface area contributed by atoms with Crippen LogP contribution >= 0.6 is 0 Å². The Morgan fingerprint density at radius 3 is 2.61 bits per heavy atom. The van der Waals surface area contributed by atoms with Crippen molar-refractivity contribution < 1.29 is 13.6 Å². The summed E-state index contributed by atoms with van der Waals surface area (Å²) < 4.78 is 30.4. The van der Waals surface area contributed by atoms with Crippen LogP contribution in [0.5, 0.6) is 0 Å². The zero-order valence-electron chi connectivity index (χ0n) is 23.0. The van der Waals surface area contributed by atoms with Crippen molar-refractivity contribution in [3.05, 3.63) is 65.0 Å². The number of aromatic nitrogens is 2. The summed E-state index contributed by atoms with van der Waals surface area (Å²) in [5, 5.41) is 3.56. The minimum Gasteiger partial charge on any atom is -0.331 e.